The lowest BCUT2D eigenvalue weighted by Gasteiger charge is -2.17. The third-order valence-electron chi connectivity index (χ3n) is 3.20. The number of nitrogens with one attached hydrogen (secondary N) is 2. The summed E-state index contributed by atoms with van der Waals surface area (Å²) in [6.07, 6.45) is 0.801. The van der Waals surface area contributed by atoms with Crippen molar-refractivity contribution in [2.75, 3.05) is 6.61 Å². The van der Waals surface area contributed by atoms with Gasteiger partial charge in [0.2, 0.25) is 5.91 Å². The Balaban J connectivity index is 2.65. The second kappa shape index (κ2) is 8.77. The van der Waals surface area contributed by atoms with E-state index in [0.29, 0.717) is 0 Å². The van der Waals surface area contributed by atoms with Crippen LogP contribution in [0.1, 0.15) is 37.6 Å². The van der Waals surface area contributed by atoms with Crippen molar-refractivity contribution in [1.82, 2.24) is 10.6 Å². The molecule has 23 heavy (non-hydrogen) atoms. The zero-order valence-electron chi connectivity index (χ0n) is 13.5. The molecule has 0 aromatic heterocycles. The molecule has 1 aromatic rings. The lowest BCUT2D eigenvalue weighted by atomic mass is 10.1. The average molecular weight is 322 g/mol. The molecular weight excluding hydrogens is 300 g/mol. The van der Waals surface area contributed by atoms with Gasteiger partial charge in [-0.15, -0.1) is 0 Å². The summed E-state index contributed by atoms with van der Waals surface area (Å²) in [4.78, 5) is 34.5. The van der Waals surface area contributed by atoms with Gasteiger partial charge in [0, 0.05) is 11.6 Å². The van der Waals surface area contributed by atoms with Gasteiger partial charge in [-0.25, -0.2) is 4.79 Å². The zero-order chi connectivity index (χ0) is 17.4. The van der Waals surface area contributed by atoms with E-state index in [0.717, 1.165) is 6.42 Å². The van der Waals surface area contributed by atoms with E-state index in [1.807, 2.05) is 13.8 Å². The van der Waals surface area contributed by atoms with Crippen molar-refractivity contribution in [3.63, 3.8) is 0 Å². The summed E-state index contributed by atoms with van der Waals surface area (Å²) in [5, 5.41) is 14.0. The SMILES string of the molecule is CCC(C)NC(=O)C(C)NC(=O)c1cccc(OCC(=O)O)c1. The maximum Gasteiger partial charge on any atom is 0.341 e. The Morgan fingerprint density at radius 3 is 2.52 bits per heavy atom. The molecular formula is C16H22N2O5. The Morgan fingerprint density at radius 2 is 1.91 bits per heavy atom. The highest BCUT2D eigenvalue weighted by atomic mass is 16.5. The van der Waals surface area contributed by atoms with Gasteiger partial charge in [-0.2, -0.15) is 0 Å². The van der Waals surface area contributed by atoms with Crippen LogP contribution in [-0.4, -0.2) is 41.6 Å². The van der Waals surface area contributed by atoms with Crippen molar-refractivity contribution >= 4 is 17.8 Å². The van der Waals surface area contributed by atoms with Crippen LogP contribution in [-0.2, 0) is 9.59 Å². The summed E-state index contributed by atoms with van der Waals surface area (Å²) in [6.45, 7) is 4.95. The number of carbonyl (C=O) groups is 3. The molecule has 0 heterocycles. The zero-order valence-corrected chi connectivity index (χ0v) is 13.5. The largest absolute Gasteiger partial charge is 0.482 e. The number of rotatable bonds is 8. The van der Waals surface area contributed by atoms with Gasteiger partial charge < -0.3 is 20.5 Å². The fraction of sp³-hybridized carbons (Fsp3) is 0.438. The maximum atomic E-state index is 12.1. The van der Waals surface area contributed by atoms with Crippen LogP contribution >= 0.6 is 0 Å². The first-order valence-corrected chi connectivity index (χ1v) is 7.39. The predicted octanol–water partition coefficient (Wildman–Crippen LogP) is 1.18. The van der Waals surface area contributed by atoms with Gasteiger partial charge in [-0.1, -0.05) is 13.0 Å². The van der Waals surface area contributed by atoms with Gasteiger partial charge in [0.1, 0.15) is 11.8 Å². The molecule has 0 spiro atoms. The van der Waals surface area contributed by atoms with E-state index in [1.54, 1.807) is 25.1 Å². The third kappa shape index (κ3) is 6.37. The van der Waals surface area contributed by atoms with E-state index in [4.69, 9.17) is 9.84 Å². The number of hydrogen-bond donors (Lipinski definition) is 3. The van der Waals surface area contributed by atoms with E-state index in [2.05, 4.69) is 10.6 Å². The number of carboxylic acid groups (broad SMARTS) is 1. The van der Waals surface area contributed by atoms with Crippen LogP contribution in [0.15, 0.2) is 24.3 Å². The standard InChI is InChI=1S/C16H22N2O5/c1-4-10(2)17-15(21)11(3)18-16(22)12-6-5-7-13(8-12)23-9-14(19)20/h5-8,10-11H,4,9H2,1-3H3,(H,17,21)(H,18,22)(H,19,20). The van der Waals surface area contributed by atoms with Gasteiger partial charge in [-0.3, -0.25) is 9.59 Å². The molecule has 0 radical (unpaired) electrons. The fourth-order valence-electron chi connectivity index (χ4n) is 1.69. The van der Waals surface area contributed by atoms with Gasteiger partial charge >= 0.3 is 5.97 Å². The van der Waals surface area contributed by atoms with Crippen molar-refractivity contribution in [1.29, 1.82) is 0 Å². The molecule has 0 fully saturated rings. The number of hydrogen-bond acceptors (Lipinski definition) is 4. The quantitative estimate of drug-likeness (QED) is 0.666. The Labute approximate surface area is 135 Å². The minimum atomic E-state index is -1.10. The summed E-state index contributed by atoms with van der Waals surface area (Å²) in [6, 6.07) is 5.48. The second-order valence-electron chi connectivity index (χ2n) is 5.22. The van der Waals surface area contributed by atoms with Crippen LogP contribution in [0.25, 0.3) is 0 Å². The molecule has 0 aliphatic heterocycles. The molecule has 7 nitrogen and oxygen atoms in total. The van der Waals surface area contributed by atoms with Crippen LogP contribution in [0.2, 0.25) is 0 Å². The third-order valence-corrected chi connectivity index (χ3v) is 3.20. The van der Waals surface area contributed by atoms with Crippen molar-refractivity contribution in [2.24, 2.45) is 0 Å². The molecule has 1 aromatic carbocycles. The summed E-state index contributed by atoms with van der Waals surface area (Å²) in [5.74, 6) is -1.52. The number of aliphatic carboxylic acids is 1. The van der Waals surface area contributed by atoms with Gasteiger partial charge in [0.15, 0.2) is 6.61 Å². The first kappa shape index (κ1) is 18.5. The Bertz CT molecular complexity index is 573. The fourth-order valence-corrected chi connectivity index (χ4v) is 1.69. The van der Waals surface area contributed by atoms with Gasteiger partial charge in [0.25, 0.3) is 5.91 Å². The average Bonchev–Trinajstić information content (AvgIpc) is 2.52. The predicted molar refractivity (Wildman–Crippen MR) is 84.4 cm³/mol. The van der Waals surface area contributed by atoms with E-state index in [-0.39, 0.29) is 23.3 Å². The highest BCUT2D eigenvalue weighted by Gasteiger charge is 2.18. The Kier molecular flexibility index (Phi) is 7.05. The second-order valence-corrected chi connectivity index (χ2v) is 5.22. The summed E-state index contributed by atoms with van der Waals surface area (Å²) in [5.41, 5.74) is 0.288. The van der Waals surface area contributed by atoms with E-state index in [9.17, 15) is 14.4 Å². The topological polar surface area (TPSA) is 105 Å². The molecule has 126 valence electrons. The smallest absolute Gasteiger partial charge is 0.341 e. The van der Waals surface area contributed by atoms with E-state index in [1.165, 1.54) is 6.07 Å². The van der Waals surface area contributed by atoms with Crippen molar-refractivity contribution in [3.05, 3.63) is 29.8 Å². The minimum absolute atomic E-state index is 0.0367. The van der Waals surface area contributed by atoms with Crippen molar-refractivity contribution in [2.45, 2.75) is 39.3 Å². The Hall–Kier alpha value is -2.57. The molecule has 2 unspecified atom stereocenters. The first-order chi connectivity index (χ1) is 10.8. The monoisotopic (exact) mass is 322 g/mol. The lowest BCUT2D eigenvalue weighted by molar-refractivity contribution is -0.139. The van der Waals surface area contributed by atoms with Crippen LogP contribution < -0.4 is 15.4 Å². The molecule has 0 aliphatic rings. The van der Waals surface area contributed by atoms with E-state index < -0.39 is 24.5 Å². The van der Waals surface area contributed by atoms with Crippen LogP contribution in [0.4, 0.5) is 0 Å². The molecule has 0 aliphatic carbocycles. The highest BCUT2D eigenvalue weighted by molar-refractivity contribution is 5.97. The molecule has 3 N–H and O–H groups in total. The van der Waals surface area contributed by atoms with E-state index >= 15 is 0 Å². The highest BCUT2D eigenvalue weighted by Crippen LogP contribution is 2.13. The normalized spacial score (nSPS) is 12.8. The van der Waals surface area contributed by atoms with Crippen molar-refractivity contribution in [3.8, 4) is 5.75 Å². The van der Waals surface area contributed by atoms with Gasteiger partial charge in [-0.05, 0) is 38.5 Å². The minimum Gasteiger partial charge on any atom is -0.482 e. The number of benzene rings is 1. The first-order valence-electron chi connectivity index (χ1n) is 7.39. The van der Waals surface area contributed by atoms with Crippen molar-refractivity contribution < 1.29 is 24.2 Å². The lowest BCUT2D eigenvalue weighted by Crippen LogP contribution is -2.47. The molecule has 0 saturated heterocycles. The molecule has 0 saturated carbocycles. The summed E-state index contributed by atoms with van der Waals surface area (Å²) < 4.78 is 5.02. The van der Waals surface area contributed by atoms with Crippen LogP contribution in [0.3, 0.4) is 0 Å². The van der Waals surface area contributed by atoms with Crippen LogP contribution in [0, 0.1) is 0 Å². The number of carboxylic acids is 1. The molecule has 2 atom stereocenters. The summed E-state index contributed by atoms with van der Waals surface area (Å²) in [7, 11) is 0. The Morgan fingerprint density at radius 1 is 1.22 bits per heavy atom. The maximum absolute atomic E-state index is 12.1. The molecule has 7 heteroatoms. The van der Waals surface area contributed by atoms with Gasteiger partial charge in [0.05, 0.1) is 0 Å². The molecule has 1 rings (SSSR count). The summed E-state index contributed by atoms with van der Waals surface area (Å²) >= 11 is 0. The number of ether oxygens (including phenoxy) is 1. The number of amides is 2. The van der Waals surface area contributed by atoms with Crippen LogP contribution in [0.5, 0.6) is 5.75 Å². The number of carbonyl (C=O) groups excluding carboxylic acids is 2. The molecule has 0 bridgehead atoms. The molecule has 2 amide bonds.